The summed E-state index contributed by atoms with van der Waals surface area (Å²) in [6.45, 7) is 1.88. The van der Waals surface area contributed by atoms with Crippen molar-refractivity contribution in [3.63, 3.8) is 0 Å². The molecule has 1 amide bonds. The van der Waals surface area contributed by atoms with Gasteiger partial charge in [0.05, 0.1) is 7.11 Å². The van der Waals surface area contributed by atoms with Crippen LogP contribution in [0.2, 0.25) is 0 Å². The molecule has 96 valence electrons. The standard InChI is InChI=1S/C14H18N2O2/c1-10-7-8-12(18-2)14(15-10)16-13(17)9-11-5-3-4-6-11/h3,5,7-8,11H,4,6,9H2,1-2H3,(H,15,16,17)/t11-/m1/s1. The average molecular weight is 246 g/mol. The second-order valence-electron chi connectivity index (χ2n) is 4.52. The lowest BCUT2D eigenvalue weighted by molar-refractivity contribution is -0.116. The second-order valence-corrected chi connectivity index (χ2v) is 4.52. The Labute approximate surface area is 107 Å². The van der Waals surface area contributed by atoms with Crippen molar-refractivity contribution in [3.05, 3.63) is 30.0 Å². The molecule has 1 heterocycles. The van der Waals surface area contributed by atoms with E-state index in [1.165, 1.54) is 0 Å². The van der Waals surface area contributed by atoms with E-state index >= 15 is 0 Å². The third-order valence-electron chi connectivity index (χ3n) is 3.04. The van der Waals surface area contributed by atoms with Crippen molar-refractivity contribution in [3.8, 4) is 5.75 Å². The topological polar surface area (TPSA) is 51.2 Å². The molecule has 0 spiro atoms. The normalized spacial score (nSPS) is 17.8. The number of pyridine rings is 1. The van der Waals surface area contributed by atoms with Gasteiger partial charge in [-0.1, -0.05) is 12.2 Å². The number of carbonyl (C=O) groups excluding carboxylic acids is 1. The number of ether oxygens (including phenoxy) is 1. The maximum Gasteiger partial charge on any atom is 0.226 e. The summed E-state index contributed by atoms with van der Waals surface area (Å²) in [5, 5.41) is 2.82. The molecule has 1 atom stereocenters. The predicted octanol–water partition coefficient (Wildman–Crippen LogP) is 2.69. The summed E-state index contributed by atoms with van der Waals surface area (Å²) in [4.78, 5) is 16.2. The molecule has 4 nitrogen and oxygen atoms in total. The average Bonchev–Trinajstić information content (AvgIpc) is 2.82. The van der Waals surface area contributed by atoms with Crippen molar-refractivity contribution in [2.24, 2.45) is 5.92 Å². The molecule has 1 aliphatic rings. The fourth-order valence-corrected chi connectivity index (χ4v) is 2.08. The van der Waals surface area contributed by atoms with Gasteiger partial charge in [-0.05, 0) is 37.8 Å². The summed E-state index contributed by atoms with van der Waals surface area (Å²) >= 11 is 0. The first-order chi connectivity index (χ1) is 8.69. The van der Waals surface area contributed by atoms with Gasteiger partial charge >= 0.3 is 0 Å². The highest BCUT2D eigenvalue weighted by atomic mass is 16.5. The van der Waals surface area contributed by atoms with Crippen LogP contribution in [0.5, 0.6) is 5.75 Å². The number of carbonyl (C=O) groups is 1. The van der Waals surface area contributed by atoms with E-state index in [0.29, 0.717) is 23.9 Å². The van der Waals surface area contributed by atoms with Gasteiger partial charge in [0.15, 0.2) is 11.6 Å². The van der Waals surface area contributed by atoms with Crippen LogP contribution in [0.15, 0.2) is 24.3 Å². The lowest BCUT2D eigenvalue weighted by Gasteiger charge is -2.11. The molecule has 4 heteroatoms. The monoisotopic (exact) mass is 246 g/mol. The van der Waals surface area contributed by atoms with Crippen LogP contribution in [0.1, 0.15) is 25.0 Å². The maximum atomic E-state index is 11.9. The quantitative estimate of drug-likeness (QED) is 0.831. The van der Waals surface area contributed by atoms with Crippen LogP contribution in [0.3, 0.4) is 0 Å². The number of allylic oxidation sites excluding steroid dienone is 2. The molecule has 1 aromatic heterocycles. The summed E-state index contributed by atoms with van der Waals surface area (Å²) < 4.78 is 5.18. The van der Waals surface area contributed by atoms with Crippen molar-refractivity contribution in [1.29, 1.82) is 0 Å². The van der Waals surface area contributed by atoms with Crippen LogP contribution < -0.4 is 10.1 Å². The molecule has 0 aromatic carbocycles. The van der Waals surface area contributed by atoms with Crippen molar-refractivity contribution in [1.82, 2.24) is 4.98 Å². The predicted molar refractivity (Wildman–Crippen MR) is 70.6 cm³/mol. The van der Waals surface area contributed by atoms with Crippen LogP contribution in [-0.4, -0.2) is 18.0 Å². The number of amides is 1. The molecule has 0 aliphatic heterocycles. The Hall–Kier alpha value is -1.84. The zero-order valence-corrected chi connectivity index (χ0v) is 10.8. The maximum absolute atomic E-state index is 11.9. The summed E-state index contributed by atoms with van der Waals surface area (Å²) in [5.41, 5.74) is 0.854. The molecule has 18 heavy (non-hydrogen) atoms. The number of hydrogen-bond acceptors (Lipinski definition) is 3. The number of hydrogen-bond donors (Lipinski definition) is 1. The Morgan fingerprint density at radius 2 is 2.39 bits per heavy atom. The van der Waals surface area contributed by atoms with Gasteiger partial charge in [-0.2, -0.15) is 0 Å². The van der Waals surface area contributed by atoms with Crippen LogP contribution in [0, 0.1) is 12.8 Å². The molecular formula is C14H18N2O2. The van der Waals surface area contributed by atoms with Gasteiger partial charge in [-0.3, -0.25) is 4.79 Å². The zero-order chi connectivity index (χ0) is 13.0. The third kappa shape index (κ3) is 3.09. The number of anilines is 1. The highest BCUT2D eigenvalue weighted by Crippen LogP contribution is 2.24. The summed E-state index contributed by atoms with van der Waals surface area (Å²) in [6.07, 6.45) is 6.88. The van der Waals surface area contributed by atoms with Gasteiger partial charge < -0.3 is 10.1 Å². The van der Waals surface area contributed by atoms with E-state index in [1.54, 1.807) is 7.11 Å². The van der Waals surface area contributed by atoms with Gasteiger partial charge in [0.2, 0.25) is 5.91 Å². The molecular weight excluding hydrogens is 228 g/mol. The van der Waals surface area contributed by atoms with E-state index in [4.69, 9.17) is 4.74 Å². The van der Waals surface area contributed by atoms with Crippen LogP contribution >= 0.6 is 0 Å². The molecule has 1 N–H and O–H groups in total. The first-order valence-electron chi connectivity index (χ1n) is 6.17. The Morgan fingerprint density at radius 3 is 3.06 bits per heavy atom. The third-order valence-corrected chi connectivity index (χ3v) is 3.04. The molecule has 2 rings (SSSR count). The fourth-order valence-electron chi connectivity index (χ4n) is 2.08. The van der Waals surface area contributed by atoms with Crippen LogP contribution in [-0.2, 0) is 4.79 Å². The number of methoxy groups -OCH3 is 1. The lowest BCUT2D eigenvalue weighted by Crippen LogP contribution is -2.16. The van der Waals surface area contributed by atoms with Gasteiger partial charge in [0.1, 0.15) is 0 Å². The molecule has 1 aliphatic carbocycles. The molecule has 0 bridgehead atoms. The first-order valence-corrected chi connectivity index (χ1v) is 6.17. The van der Waals surface area contributed by atoms with Crippen molar-refractivity contribution < 1.29 is 9.53 Å². The minimum atomic E-state index is -0.0112. The zero-order valence-electron chi connectivity index (χ0n) is 10.8. The minimum Gasteiger partial charge on any atom is -0.493 e. The minimum absolute atomic E-state index is 0.0112. The van der Waals surface area contributed by atoms with E-state index in [2.05, 4.69) is 22.5 Å². The molecule has 0 fully saturated rings. The van der Waals surface area contributed by atoms with E-state index in [1.807, 2.05) is 19.1 Å². The number of aryl methyl sites for hydroxylation is 1. The first kappa shape index (κ1) is 12.6. The van der Waals surface area contributed by atoms with Crippen molar-refractivity contribution in [2.75, 3.05) is 12.4 Å². The van der Waals surface area contributed by atoms with E-state index in [0.717, 1.165) is 18.5 Å². The highest BCUT2D eigenvalue weighted by Gasteiger charge is 2.15. The fraction of sp³-hybridized carbons (Fsp3) is 0.429. The summed E-state index contributed by atoms with van der Waals surface area (Å²) in [7, 11) is 1.57. The van der Waals surface area contributed by atoms with E-state index < -0.39 is 0 Å². The Balaban J connectivity index is 2.01. The number of nitrogens with one attached hydrogen (secondary N) is 1. The van der Waals surface area contributed by atoms with Gasteiger partial charge in [0, 0.05) is 12.1 Å². The largest absolute Gasteiger partial charge is 0.493 e. The number of nitrogens with zero attached hydrogens (tertiary/aromatic N) is 1. The molecule has 0 saturated carbocycles. The van der Waals surface area contributed by atoms with Crippen molar-refractivity contribution in [2.45, 2.75) is 26.2 Å². The second kappa shape index (κ2) is 5.67. The molecule has 0 unspecified atom stereocenters. The van der Waals surface area contributed by atoms with Gasteiger partial charge in [-0.25, -0.2) is 4.98 Å². The van der Waals surface area contributed by atoms with Gasteiger partial charge in [0.25, 0.3) is 0 Å². The molecule has 1 aromatic rings. The molecule has 0 radical (unpaired) electrons. The van der Waals surface area contributed by atoms with Crippen LogP contribution in [0.4, 0.5) is 5.82 Å². The Bertz CT molecular complexity index is 469. The molecule has 0 saturated heterocycles. The van der Waals surface area contributed by atoms with E-state index in [9.17, 15) is 4.79 Å². The number of aromatic nitrogens is 1. The lowest BCUT2D eigenvalue weighted by atomic mass is 10.1. The van der Waals surface area contributed by atoms with E-state index in [-0.39, 0.29) is 5.91 Å². The Morgan fingerprint density at radius 1 is 1.56 bits per heavy atom. The van der Waals surface area contributed by atoms with Gasteiger partial charge in [-0.15, -0.1) is 0 Å². The smallest absolute Gasteiger partial charge is 0.226 e. The highest BCUT2D eigenvalue weighted by molar-refractivity contribution is 5.91. The van der Waals surface area contributed by atoms with Crippen molar-refractivity contribution >= 4 is 11.7 Å². The Kier molecular flexibility index (Phi) is 3.97. The summed E-state index contributed by atoms with van der Waals surface area (Å²) in [5.74, 6) is 1.45. The number of rotatable bonds is 4. The van der Waals surface area contributed by atoms with Crippen LogP contribution in [0.25, 0.3) is 0 Å². The summed E-state index contributed by atoms with van der Waals surface area (Å²) in [6, 6.07) is 3.67. The SMILES string of the molecule is COc1ccc(C)nc1NC(=O)C[C@@H]1C=CCC1.